The molecule has 3 N–H and O–H groups in total. The summed E-state index contributed by atoms with van der Waals surface area (Å²) in [6.07, 6.45) is -9.08. The molecule has 1 unspecified atom stereocenters. The third-order valence-corrected chi connectivity index (χ3v) is 3.96. The Morgan fingerprint density at radius 2 is 0.920 bits per heavy atom. The average Bonchev–Trinajstić information content (AvgIpc) is 2.52. The minimum atomic E-state index is -4.54. The number of halogens is 6. The van der Waals surface area contributed by atoms with Crippen LogP contribution in [-0.4, -0.2) is 11.1 Å². The van der Waals surface area contributed by atoms with Crippen molar-refractivity contribution >= 4 is 0 Å². The molecule has 0 aromatic heterocycles. The van der Waals surface area contributed by atoms with E-state index in [4.69, 9.17) is 5.73 Å². The van der Waals surface area contributed by atoms with Crippen LogP contribution in [0.2, 0.25) is 0 Å². The van der Waals surface area contributed by atoms with Gasteiger partial charge in [-0.2, -0.15) is 26.3 Å². The highest BCUT2D eigenvalue weighted by Crippen LogP contribution is 2.37. The van der Waals surface area contributed by atoms with E-state index in [0.29, 0.717) is 0 Å². The van der Waals surface area contributed by atoms with Gasteiger partial charge in [-0.1, -0.05) is 24.3 Å². The maximum atomic E-state index is 12.7. The van der Waals surface area contributed by atoms with Crippen LogP contribution >= 0.6 is 0 Å². The molecule has 0 fully saturated rings. The smallest absolute Gasteiger partial charge is 0.379 e. The zero-order valence-corrected chi connectivity index (χ0v) is 13.0. The molecular weight excluding hydrogens is 348 g/mol. The molecule has 2 nitrogen and oxygen atoms in total. The first-order valence-corrected chi connectivity index (χ1v) is 7.20. The predicted molar refractivity (Wildman–Crippen MR) is 79.5 cm³/mol. The van der Waals surface area contributed by atoms with E-state index in [1.807, 2.05) is 0 Å². The molecule has 0 saturated heterocycles. The fourth-order valence-corrected chi connectivity index (χ4v) is 2.52. The summed E-state index contributed by atoms with van der Waals surface area (Å²) in [6, 6.07) is 6.39. The van der Waals surface area contributed by atoms with Gasteiger partial charge >= 0.3 is 12.4 Å². The van der Waals surface area contributed by atoms with E-state index in [2.05, 4.69) is 0 Å². The molecule has 2 aromatic rings. The molecule has 0 heterocycles. The van der Waals surface area contributed by atoms with Gasteiger partial charge in [-0.05, 0) is 42.3 Å². The van der Waals surface area contributed by atoms with Crippen LogP contribution in [0.25, 0.3) is 0 Å². The number of rotatable bonds is 3. The first-order chi connectivity index (χ1) is 11.4. The third kappa shape index (κ3) is 3.80. The molecule has 0 aliphatic rings. The second-order valence-electron chi connectivity index (χ2n) is 5.71. The molecule has 0 saturated carbocycles. The second kappa shape index (κ2) is 6.34. The van der Waals surface area contributed by atoms with Crippen LogP contribution in [0.3, 0.4) is 0 Å². The fraction of sp³-hybridized carbons (Fsp3) is 0.294. The van der Waals surface area contributed by atoms with Gasteiger partial charge in [0.25, 0.3) is 0 Å². The molecule has 2 rings (SSSR count). The largest absolute Gasteiger partial charge is 0.416 e. The lowest BCUT2D eigenvalue weighted by Crippen LogP contribution is -2.44. The van der Waals surface area contributed by atoms with Crippen molar-refractivity contribution in [1.29, 1.82) is 0 Å². The Labute approximate surface area is 139 Å². The van der Waals surface area contributed by atoms with Gasteiger partial charge in [0.05, 0.1) is 11.1 Å². The molecule has 0 aliphatic carbocycles. The predicted octanol–water partition coefficient (Wildman–Crippen LogP) is 4.31. The summed E-state index contributed by atoms with van der Waals surface area (Å²) in [5, 5.41) is 10.9. The lowest BCUT2D eigenvalue weighted by Gasteiger charge is -2.33. The van der Waals surface area contributed by atoms with E-state index >= 15 is 0 Å². The van der Waals surface area contributed by atoms with Crippen molar-refractivity contribution in [3.63, 3.8) is 0 Å². The maximum Gasteiger partial charge on any atom is 0.416 e. The lowest BCUT2D eigenvalue weighted by atomic mass is 9.80. The highest BCUT2D eigenvalue weighted by Gasteiger charge is 2.38. The van der Waals surface area contributed by atoms with E-state index < -0.39 is 35.1 Å². The van der Waals surface area contributed by atoms with Gasteiger partial charge in [0.2, 0.25) is 0 Å². The van der Waals surface area contributed by atoms with Crippen LogP contribution in [-0.2, 0) is 18.0 Å². The Balaban J connectivity index is 2.48. The molecule has 0 amide bonds. The standard InChI is InChI=1S/C17H15F6NO/c1-10(24)15(25,11-2-6-13(7-3-11)16(18,19)20)12-4-8-14(9-5-12)17(21,22)23/h2-10,25H,24H2,1H3. The molecule has 0 aliphatic heterocycles. The monoisotopic (exact) mass is 363 g/mol. The van der Waals surface area contributed by atoms with Gasteiger partial charge in [-0.3, -0.25) is 0 Å². The quantitative estimate of drug-likeness (QED) is 0.799. The summed E-state index contributed by atoms with van der Waals surface area (Å²) in [5.74, 6) is 0. The van der Waals surface area contributed by atoms with Crippen LogP contribution in [0.15, 0.2) is 48.5 Å². The van der Waals surface area contributed by atoms with E-state index in [0.717, 1.165) is 48.5 Å². The number of hydrogen-bond acceptors (Lipinski definition) is 2. The van der Waals surface area contributed by atoms with E-state index in [9.17, 15) is 31.4 Å². The van der Waals surface area contributed by atoms with Crippen LogP contribution in [0.4, 0.5) is 26.3 Å². The zero-order valence-electron chi connectivity index (χ0n) is 13.0. The van der Waals surface area contributed by atoms with Crippen molar-refractivity contribution in [3.05, 3.63) is 70.8 Å². The normalized spacial score (nSPS) is 14.4. The Bertz CT molecular complexity index is 659. The zero-order chi connectivity index (χ0) is 19.0. The van der Waals surface area contributed by atoms with Gasteiger partial charge in [0.15, 0.2) is 0 Å². The van der Waals surface area contributed by atoms with E-state index in [-0.39, 0.29) is 11.1 Å². The summed E-state index contributed by atoms with van der Waals surface area (Å²) in [4.78, 5) is 0. The minimum Gasteiger partial charge on any atom is -0.379 e. The molecule has 8 heteroatoms. The highest BCUT2D eigenvalue weighted by atomic mass is 19.4. The maximum absolute atomic E-state index is 12.7. The summed E-state index contributed by atoms with van der Waals surface area (Å²) < 4.78 is 76.0. The highest BCUT2D eigenvalue weighted by molar-refractivity contribution is 5.41. The minimum absolute atomic E-state index is 0.0512. The summed E-state index contributed by atoms with van der Waals surface area (Å²) >= 11 is 0. The first-order valence-electron chi connectivity index (χ1n) is 7.20. The van der Waals surface area contributed by atoms with Crippen LogP contribution in [0, 0.1) is 0 Å². The van der Waals surface area contributed by atoms with Crippen LogP contribution in [0.1, 0.15) is 29.2 Å². The Morgan fingerprint density at radius 1 is 0.680 bits per heavy atom. The number of nitrogens with two attached hydrogens (primary N) is 1. The first kappa shape index (κ1) is 19.3. The number of hydrogen-bond donors (Lipinski definition) is 2. The molecule has 0 spiro atoms. The Morgan fingerprint density at radius 3 is 1.12 bits per heavy atom. The SMILES string of the molecule is CC(N)C(O)(c1ccc(C(F)(F)F)cc1)c1ccc(C(F)(F)F)cc1. The molecular formula is C17H15F6NO. The topological polar surface area (TPSA) is 46.2 Å². The molecule has 0 radical (unpaired) electrons. The van der Waals surface area contributed by atoms with E-state index in [1.54, 1.807) is 0 Å². The van der Waals surface area contributed by atoms with Crippen molar-refractivity contribution in [2.24, 2.45) is 5.73 Å². The number of alkyl halides is 6. The number of aliphatic hydroxyl groups is 1. The molecule has 136 valence electrons. The summed E-state index contributed by atoms with van der Waals surface area (Å²) in [6.45, 7) is 1.41. The van der Waals surface area contributed by atoms with Crippen LogP contribution < -0.4 is 5.73 Å². The van der Waals surface area contributed by atoms with Crippen molar-refractivity contribution in [3.8, 4) is 0 Å². The van der Waals surface area contributed by atoms with Crippen molar-refractivity contribution in [2.75, 3.05) is 0 Å². The van der Waals surface area contributed by atoms with Crippen molar-refractivity contribution in [2.45, 2.75) is 30.9 Å². The summed E-state index contributed by atoms with van der Waals surface area (Å²) in [5.41, 5.74) is 2.14. The molecule has 2 aromatic carbocycles. The van der Waals surface area contributed by atoms with Gasteiger partial charge in [-0.25, -0.2) is 0 Å². The van der Waals surface area contributed by atoms with Gasteiger partial charge in [0.1, 0.15) is 5.60 Å². The van der Waals surface area contributed by atoms with Gasteiger partial charge in [0, 0.05) is 6.04 Å². The average molecular weight is 363 g/mol. The Kier molecular flexibility index (Phi) is 4.89. The summed E-state index contributed by atoms with van der Waals surface area (Å²) in [7, 11) is 0. The lowest BCUT2D eigenvalue weighted by molar-refractivity contribution is -0.138. The number of benzene rings is 2. The van der Waals surface area contributed by atoms with Gasteiger partial charge in [-0.15, -0.1) is 0 Å². The van der Waals surface area contributed by atoms with E-state index in [1.165, 1.54) is 6.92 Å². The third-order valence-electron chi connectivity index (χ3n) is 3.96. The molecule has 1 atom stereocenters. The van der Waals surface area contributed by atoms with Crippen molar-refractivity contribution < 1.29 is 31.4 Å². The fourth-order valence-electron chi connectivity index (χ4n) is 2.52. The van der Waals surface area contributed by atoms with Crippen LogP contribution in [0.5, 0.6) is 0 Å². The molecule has 25 heavy (non-hydrogen) atoms. The van der Waals surface area contributed by atoms with Crippen molar-refractivity contribution in [1.82, 2.24) is 0 Å². The van der Waals surface area contributed by atoms with Gasteiger partial charge < -0.3 is 10.8 Å². The molecule has 0 bridgehead atoms. The Hall–Kier alpha value is -2.06. The second-order valence-corrected chi connectivity index (χ2v) is 5.71.